The van der Waals surface area contributed by atoms with Gasteiger partial charge in [-0.1, -0.05) is 17.7 Å². The van der Waals surface area contributed by atoms with Crippen molar-refractivity contribution < 1.29 is 4.79 Å². The Morgan fingerprint density at radius 1 is 1.16 bits per heavy atom. The largest absolute Gasteiger partial charge is 0.330 e. The fraction of sp³-hybridized carbons (Fsp3) is 0.480. The quantitative estimate of drug-likeness (QED) is 0.687. The molecule has 0 unspecified atom stereocenters. The van der Waals surface area contributed by atoms with Crippen molar-refractivity contribution in [3.63, 3.8) is 0 Å². The maximum Gasteiger partial charge on any atom is 0.277 e. The van der Waals surface area contributed by atoms with Gasteiger partial charge in [-0.25, -0.2) is 9.50 Å². The second-order valence-corrected chi connectivity index (χ2v) is 9.44. The second kappa shape index (κ2) is 8.20. The number of hydrogen-bond donors (Lipinski definition) is 1. The van der Waals surface area contributed by atoms with Crippen LogP contribution in [-0.4, -0.2) is 49.4 Å². The number of rotatable bonds is 3. The highest BCUT2D eigenvalue weighted by atomic mass is 16.2. The summed E-state index contributed by atoms with van der Waals surface area (Å²) in [5.41, 5.74) is 5.05. The average molecular weight is 434 g/mol. The van der Waals surface area contributed by atoms with Crippen LogP contribution in [0, 0.1) is 6.92 Å². The minimum atomic E-state index is -0.0807. The van der Waals surface area contributed by atoms with Crippen LogP contribution in [0.25, 0.3) is 5.65 Å². The van der Waals surface area contributed by atoms with E-state index in [1.54, 1.807) is 4.52 Å². The Hall–Kier alpha value is -2.93. The fourth-order valence-corrected chi connectivity index (χ4v) is 4.99. The summed E-state index contributed by atoms with van der Waals surface area (Å²) in [6.07, 6.45) is 3.72. The monoisotopic (exact) mass is 433 g/mol. The molecule has 7 nitrogen and oxygen atoms in total. The molecule has 2 aliphatic rings. The summed E-state index contributed by atoms with van der Waals surface area (Å²) in [5, 5.41) is 3.30. The number of aromatic amines is 1. The molecule has 0 spiro atoms. The van der Waals surface area contributed by atoms with Crippen molar-refractivity contribution in [2.24, 2.45) is 0 Å². The highest BCUT2D eigenvalue weighted by Crippen LogP contribution is 2.32. The Balaban J connectivity index is 1.50. The second-order valence-electron chi connectivity index (χ2n) is 9.44. The summed E-state index contributed by atoms with van der Waals surface area (Å²) in [5.74, 6) is 0.0422. The normalized spacial score (nSPS) is 19.5. The van der Waals surface area contributed by atoms with E-state index in [1.807, 2.05) is 42.2 Å². The fourth-order valence-electron chi connectivity index (χ4n) is 4.99. The highest BCUT2D eigenvalue weighted by molar-refractivity contribution is 5.94. The Labute approximate surface area is 188 Å². The molecule has 7 heteroatoms. The van der Waals surface area contributed by atoms with Gasteiger partial charge in [-0.2, -0.15) is 0 Å². The number of H-pyrrole nitrogens is 1. The molecule has 0 radical (unpaired) electrons. The molecule has 3 aromatic rings. The van der Waals surface area contributed by atoms with Crippen molar-refractivity contribution in [1.82, 2.24) is 24.4 Å². The third-order valence-corrected chi connectivity index (χ3v) is 6.96. The van der Waals surface area contributed by atoms with E-state index in [9.17, 15) is 9.59 Å². The van der Waals surface area contributed by atoms with Crippen LogP contribution in [0.4, 0.5) is 0 Å². The topological polar surface area (TPSA) is 73.7 Å². The Morgan fingerprint density at radius 2 is 1.94 bits per heavy atom. The number of benzene rings is 1. The summed E-state index contributed by atoms with van der Waals surface area (Å²) in [6.45, 7) is 8.61. The maximum atomic E-state index is 13.3. The molecule has 2 aliphatic heterocycles. The smallest absolute Gasteiger partial charge is 0.277 e. The standard InChI is InChI=1S/C25H31N5O2/c1-16(2)28-13-11-20-19(15-28)25(32)30-23(26-20)14-21(27-30)22-6-4-5-12-29(22)24(31)18-9-7-17(3)8-10-18/h7-10,14,16,22,27H,4-6,11-13,15H2,1-3H3/t22-/m1/s1. The number of nitrogens with zero attached hydrogens (tertiary/aromatic N) is 4. The summed E-state index contributed by atoms with van der Waals surface area (Å²) >= 11 is 0. The predicted molar refractivity (Wildman–Crippen MR) is 124 cm³/mol. The first kappa shape index (κ1) is 20.9. The maximum absolute atomic E-state index is 13.3. The molecule has 32 heavy (non-hydrogen) atoms. The number of likely N-dealkylation sites (tertiary alicyclic amines) is 1. The van der Waals surface area contributed by atoms with Gasteiger partial charge in [-0.3, -0.25) is 19.6 Å². The van der Waals surface area contributed by atoms with Gasteiger partial charge >= 0.3 is 0 Å². The number of nitrogens with one attached hydrogen (secondary N) is 1. The van der Waals surface area contributed by atoms with Gasteiger partial charge in [0.25, 0.3) is 11.5 Å². The van der Waals surface area contributed by atoms with Gasteiger partial charge in [0.2, 0.25) is 0 Å². The Kier molecular flexibility index (Phi) is 5.37. The van der Waals surface area contributed by atoms with Gasteiger partial charge in [-0.05, 0) is 52.2 Å². The van der Waals surface area contributed by atoms with E-state index >= 15 is 0 Å². The summed E-state index contributed by atoms with van der Waals surface area (Å²) in [4.78, 5) is 35.7. The van der Waals surface area contributed by atoms with Crippen molar-refractivity contribution in [3.05, 3.63) is 68.8 Å². The molecule has 5 rings (SSSR count). The number of amides is 1. The van der Waals surface area contributed by atoms with Crippen LogP contribution in [-0.2, 0) is 13.0 Å². The summed E-state index contributed by atoms with van der Waals surface area (Å²) in [6, 6.07) is 10.0. The van der Waals surface area contributed by atoms with Crippen LogP contribution >= 0.6 is 0 Å². The molecule has 1 amide bonds. The molecular formula is C25H31N5O2. The number of aryl methyl sites for hydroxylation is 1. The first-order chi connectivity index (χ1) is 15.4. The average Bonchev–Trinajstić information content (AvgIpc) is 3.23. The van der Waals surface area contributed by atoms with Gasteiger partial charge < -0.3 is 4.90 Å². The van der Waals surface area contributed by atoms with Gasteiger partial charge in [0.15, 0.2) is 5.65 Å². The van der Waals surface area contributed by atoms with E-state index in [0.717, 1.165) is 61.3 Å². The van der Waals surface area contributed by atoms with Crippen molar-refractivity contribution in [2.75, 3.05) is 13.1 Å². The zero-order valence-corrected chi connectivity index (χ0v) is 19.1. The molecule has 1 saturated heterocycles. The van der Waals surface area contributed by atoms with Gasteiger partial charge in [0.1, 0.15) is 0 Å². The first-order valence-corrected chi connectivity index (χ1v) is 11.7. The van der Waals surface area contributed by atoms with Gasteiger partial charge in [0.05, 0.1) is 23.0 Å². The third kappa shape index (κ3) is 3.64. The van der Waals surface area contributed by atoms with E-state index in [0.29, 0.717) is 23.8 Å². The lowest BCUT2D eigenvalue weighted by molar-refractivity contribution is 0.0605. The molecular weight excluding hydrogens is 402 g/mol. The molecule has 0 saturated carbocycles. The lowest BCUT2D eigenvalue weighted by Crippen LogP contribution is -2.40. The van der Waals surface area contributed by atoms with Crippen LogP contribution in [0.1, 0.15) is 72.0 Å². The Bertz CT molecular complexity index is 1210. The molecule has 0 aliphatic carbocycles. The Morgan fingerprint density at radius 3 is 2.69 bits per heavy atom. The molecule has 1 fully saturated rings. The van der Waals surface area contributed by atoms with Crippen molar-refractivity contribution in [1.29, 1.82) is 0 Å². The molecule has 168 valence electrons. The summed E-state index contributed by atoms with van der Waals surface area (Å²) < 4.78 is 1.57. The number of carbonyl (C=O) groups is 1. The number of carbonyl (C=O) groups excluding carboxylic acids is 1. The number of piperidine rings is 1. The van der Waals surface area contributed by atoms with Crippen molar-refractivity contribution in [2.45, 2.75) is 65.1 Å². The molecule has 1 aromatic carbocycles. The molecule has 1 atom stereocenters. The summed E-state index contributed by atoms with van der Waals surface area (Å²) in [7, 11) is 0. The minimum Gasteiger partial charge on any atom is -0.330 e. The van der Waals surface area contributed by atoms with E-state index in [-0.39, 0.29) is 17.5 Å². The van der Waals surface area contributed by atoms with E-state index in [2.05, 4.69) is 23.8 Å². The molecule has 1 N–H and O–H groups in total. The van der Waals surface area contributed by atoms with Crippen molar-refractivity contribution >= 4 is 11.6 Å². The van der Waals surface area contributed by atoms with E-state index in [4.69, 9.17) is 4.98 Å². The zero-order chi connectivity index (χ0) is 22.4. The first-order valence-electron chi connectivity index (χ1n) is 11.7. The SMILES string of the molecule is Cc1ccc(C(=O)N2CCCC[C@@H]2c2cc3nc4c(c(=O)n3[nH]2)CN(C(C)C)CC4)cc1. The van der Waals surface area contributed by atoms with Gasteiger partial charge in [0, 0.05) is 43.7 Å². The van der Waals surface area contributed by atoms with Gasteiger partial charge in [-0.15, -0.1) is 0 Å². The zero-order valence-electron chi connectivity index (χ0n) is 19.1. The number of fused-ring (bicyclic) bond motifs is 2. The molecule has 0 bridgehead atoms. The van der Waals surface area contributed by atoms with E-state index in [1.165, 1.54) is 0 Å². The minimum absolute atomic E-state index is 0.0196. The van der Waals surface area contributed by atoms with Crippen LogP contribution in [0.5, 0.6) is 0 Å². The highest BCUT2D eigenvalue weighted by Gasteiger charge is 2.31. The van der Waals surface area contributed by atoms with Crippen LogP contribution in [0.15, 0.2) is 35.1 Å². The lowest BCUT2D eigenvalue weighted by atomic mass is 9.98. The predicted octanol–water partition coefficient (Wildman–Crippen LogP) is 3.46. The molecule has 4 heterocycles. The van der Waals surface area contributed by atoms with E-state index < -0.39 is 0 Å². The van der Waals surface area contributed by atoms with Crippen LogP contribution in [0.3, 0.4) is 0 Å². The number of aromatic nitrogens is 3. The van der Waals surface area contributed by atoms with Crippen molar-refractivity contribution in [3.8, 4) is 0 Å². The van der Waals surface area contributed by atoms with Crippen LogP contribution in [0.2, 0.25) is 0 Å². The third-order valence-electron chi connectivity index (χ3n) is 6.96. The lowest BCUT2D eigenvalue weighted by Gasteiger charge is -2.35. The number of hydrogen-bond acceptors (Lipinski definition) is 4. The van der Waals surface area contributed by atoms with Crippen LogP contribution < -0.4 is 5.56 Å². The molecule has 2 aromatic heterocycles.